The maximum absolute atomic E-state index is 9.46. The number of hydrogen-bond acceptors (Lipinski definition) is 4. The molecule has 0 aromatic heterocycles. The standard InChI is InChI=1S/C13H19N3O/c1-14-15-10-11-2-4-12(5-3-11)16-8-6-13(17)7-9-16/h2-5,10,13-14,17H,6-9H2,1H3. The minimum Gasteiger partial charge on any atom is -0.393 e. The fourth-order valence-electron chi connectivity index (χ4n) is 2.03. The first-order valence-corrected chi connectivity index (χ1v) is 6.02. The van der Waals surface area contributed by atoms with Crippen molar-refractivity contribution in [3.8, 4) is 0 Å². The zero-order valence-corrected chi connectivity index (χ0v) is 10.1. The van der Waals surface area contributed by atoms with Gasteiger partial charge in [-0.3, -0.25) is 0 Å². The molecule has 1 aromatic rings. The molecule has 4 nitrogen and oxygen atoms in total. The second-order valence-corrected chi connectivity index (χ2v) is 4.29. The molecule has 2 N–H and O–H groups in total. The van der Waals surface area contributed by atoms with Gasteiger partial charge in [0.15, 0.2) is 0 Å². The first kappa shape index (κ1) is 11.9. The van der Waals surface area contributed by atoms with Gasteiger partial charge < -0.3 is 15.4 Å². The summed E-state index contributed by atoms with van der Waals surface area (Å²) in [6, 6.07) is 8.33. The van der Waals surface area contributed by atoms with Crippen LogP contribution < -0.4 is 10.3 Å². The lowest BCUT2D eigenvalue weighted by molar-refractivity contribution is 0.145. The van der Waals surface area contributed by atoms with Crippen LogP contribution in [0.15, 0.2) is 29.4 Å². The van der Waals surface area contributed by atoms with Crippen molar-refractivity contribution in [1.82, 2.24) is 5.43 Å². The molecule has 0 bridgehead atoms. The van der Waals surface area contributed by atoms with Gasteiger partial charge in [0, 0.05) is 25.8 Å². The maximum Gasteiger partial charge on any atom is 0.0574 e. The Bertz CT molecular complexity index is 367. The Morgan fingerprint density at radius 1 is 1.29 bits per heavy atom. The van der Waals surface area contributed by atoms with Crippen molar-refractivity contribution >= 4 is 11.9 Å². The van der Waals surface area contributed by atoms with Crippen LogP contribution in [0.5, 0.6) is 0 Å². The average molecular weight is 233 g/mol. The average Bonchev–Trinajstić information content (AvgIpc) is 2.38. The van der Waals surface area contributed by atoms with Gasteiger partial charge in [0.2, 0.25) is 0 Å². The molecular formula is C13H19N3O. The Hall–Kier alpha value is -1.55. The Morgan fingerprint density at radius 3 is 2.53 bits per heavy atom. The van der Waals surface area contributed by atoms with Gasteiger partial charge >= 0.3 is 0 Å². The van der Waals surface area contributed by atoms with Gasteiger partial charge in [-0.15, -0.1) is 0 Å². The van der Waals surface area contributed by atoms with Gasteiger partial charge in [-0.05, 0) is 30.5 Å². The fraction of sp³-hybridized carbons (Fsp3) is 0.462. The number of piperidine rings is 1. The Kier molecular flexibility index (Phi) is 3.98. The molecule has 1 aliphatic heterocycles. The van der Waals surface area contributed by atoms with Crippen molar-refractivity contribution in [1.29, 1.82) is 0 Å². The van der Waals surface area contributed by atoms with E-state index >= 15 is 0 Å². The topological polar surface area (TPSA) is 47.9 Å². The van der Waals surface area contributed by atoms with Crippen molar-refractivity contribution in [2.45, 2.75) is 18.9 Å². The van der Waals surface area contributed by atoms with Crippen molar-refractivity contribution in [3.63, 3.8) is 0 Å². The molecule has 92 valence electrons. The van der Waals surface area contributed by atoms with E-state index in [1.807, 2.05) is 0 Å². The normalized spacial score (nSPS) is 17.6. The number of hydrogen-bond donors (Lipinski definition) is 2. The molecular weight excluding hydrogens is 214 g/mol. The zero-order valence-electron chi connectivity index (χ0n) is 10.1. The van der Waals surface area contributed by atoms with E-state index in [0.29, 0.717) is 0 Å². The largest absolute Gasteiger partial charge is 0.393 e. The van der Waals surface area contributed by atoms with Crippen molar-refractivity contribution in [2.75, 3.05) is 25.0 Å². The predicted octanol–water partition coefficient (Wildman–Crippen LogP) is 1.20. The molecule has 0 aliphatic carbocycles. The van der Waals surface area contributed by atoms with Gasteiger partial charge in [0.1, 0.15) is 0 Å². The Balaban J connectivity index is 2.00. The van der Waals surface area contributed by atoms with E-state index in [1.54, 1.807) is 13.3 Å². The van der Waals surface area contributed by atoms with Gasteiger partial charge in [0.25, 0.3) is 0 Å². The van der Waals surface area contributed by atoms with Gasteiger partial charge in [-0.1, -0.05) is 12.1 Å². The van der Waals surface area contributed by atoms with E-state index in [4.69, 9.17) is 0 Å². The molecule has 1 aromatic carbocycles. The number of nitrogens with zero attached hydrogens (tertiary/aromatic N) is 2. The van der Waals surface area contributed by atoms with Crippen molar-refractivity contribution in [3.05, 3.63) is 29.8 Å². The van der Waals surface area contributed by atoms with Crippen LogP contribution in [-0.4, -0.2) is 37.6 Å². The number of hydrazone groups is 1. The number of rotatable bonds is 3. The third-order valence-corrected chi connectivity index (χ3v) is 3.07. The maximum atomic E-state index is 9.46. The van der Waals surface area contributed by atoms with Crippen LogP contribution in [0.3, 0.4) is 0 Å². The highest BCUT2D eigenvalue weighted by Crippen LogP contribution is 2.20. The predicted molar refractivity (Wildman–Crippen MR) is 70.5 cm³/mol. The summed E-state index contributed by atoms with van der Waals surface area (Å²) in [6.07, 6.45) is 3.41. The summed E-state index contributed by atoms with van der Waals surface area (Å²) in [4.78, 5) is 2.31. The molecule has 0 atom stereocenters. The first-order valence-electron chi connectivity index (χ1n) is 6.02. The second kappa shape index (κ2) is 5.68. The third kappa shape index (κ3) is 3.20. The lowest BCUT2D eigenvalue weighted by Crippen LogP contribution is -2.35. The molecule has 1 aliphatic rings. The first-order chi connectivity index (χ1) is 8.29. The molecule has 1 saturated heterocycles. The van der Waals surface area contributed by atoms with E-state index in [2.05, 4.69) is 39.7 Å². The summed E-state index contributed by atoms with van der Waals surface area (Å²) in [5.41, 5.74) is 5.03. The lowest BCUT2D eigenvalue weighted by Gasteiger charge is -2.31. The summed E-state index contributed by atoms with van der Waals surface area (Å²) in [5.74, 6) is 0. The lowest BCUT2D eigenvalue weighted by atomic mass is 10.1. The third-order valence-electron chi connectivity index (χ3n) is 3.07. The number of nitrogens with one attached hydrogen (secondary N) is 1. The number of aliphatic hydroxyl groups excluding tert-OH is 1. The van der Waals surface area contributed by atoms with Gasteiger partial charge in [-0.2, -0.15) is 5.10 Å². The molecule has 0 amide bonds. The molecule has 0 spiro atoms. The number of aliphatic hydroxyl groups is 1. The van der Waals surface area contributed by atoms with Crippen LogP contribution >= 0.6 is 0 Å². The van der Waals surface area contributed by atoms with Crippen molar-refractivity contribution in [2.24, 2.45) is 5.10 Å². The Morgan fingerprint density at radius 2 is 1.94 bits per heavy atom. The highest BCUT2D eigenvalue weighted by atomic mass is 16.3. The molecule has 4 heteroatoms. The number of anilines is 1. The summed E-state index contributed by atoms with van der Waals surface area (Å²) < 4.78 is 0. The highest BCUT2D eigenvalue weighted by molar-refractivity contribution is 5.80. The molecule has 0 saturated carbocycles. The van der Waals surface area contributed by atoms with E-state index in [0.717, 1.165) is 31.5 Å². The molecule has 0 radical (unpaired) electrons. The number of benzene rings is 1. The van der Waals surface area contributed by atoms with E-state index in [9.17, 15) is 5.11 Å². The van der Waals surface area contributed by atoms with Crippen molar-refractivity contribution < 1.29 is 5.11 Å². The summed E-state index contributed by atoms with van der Waals surface area (Å²) in [7, 11) is 1.78. The SMILES string of the molecule is CNN=Cc1ccc(N2CCC(O)CC2)cc1. The molecule has 1 heterocycles. The summed E-state index contributed by atoms with van der Waals surface area (Å²) in [6.45, 7) is 1.87. The van der Waals surface area contributed by atoms with E-state index < -0.39 is 0 Å². The van der Waals surface area contributed by atoms with Crippen LogP contribution in [0.4, 0.5) is 5.69 Å². The van der Waals surface area contributed by atoms with Gasteiger partial charge in [-0.25, -0.2) is 0 Å². The summed E-state index contributed by atoms with van der Waals surface area (Å²) >= 11 is 0. The second-order valence-electron chi connectivity index (χ2n) is 4.29. The highest BCUT2D eigenvalue weighted by Gasteiger charge is 2.16. The van der Waals surface area contributed by atoms with Gasteiger partial charge in [0.05, 0.1) is 12.3 Å². The zero-order chi connectivity index (χ0) is 12.1. The monoisotopic (exact) mass is 233 g/mol. The molecule has 17 heavy (non-hydrogen) atoms. The summed E-state index contributed by atoms with van der Waals surface area (Å²) in [5, 5.41) is 13.4. The smallest absolute Gasteiger partial charge is 0.0574 e. The van der Waals surface area contributed by atoms with E-state index in [-0.39, 0.29) is 6.10 Å². The quantitative estimate of drug-likeness (QED) is 0.609. The minimum atomic E-state index is -0.117. The van der Waals surface area contributed by atoms with Crippen LogP contribution in [0, 0.1) is 0 Å². The van der Waals surface area contributed by atoms with Crippen LogP contribution in [0.25, 0.3) is 0 Å². The van der Waals surface area contributed by atoms with E-state index in [1.165, 1.54) is 5.69 Å². The molecule has 2 rings (SSSR count). The minimum absolute atomic E-state index is 0.117. The van der Waals surface area contributed by atoms with Crippen LogP contribution in [0.1, 0.15) is 18.4 Å². The van der Waals surface area contributed by atoms with Crippen LogP contribution in [-0.2, 0) is 0 Å². The Labute approximate surface area is 102 Å². The molecule has 0 unspecified atom stereocenters. The van der Waals surface area contributed by atoms with Crippen LogP contribution in [0.2, 0.25) is 0 Å². The molecule has 1 fully saturated rings. The fourth-order valence-corrected chi connectivity index (χ4v) is 2.03.